The van der Waals surface area contributed by atoms with Gasteiger partial charge in [0.1, 0.15) is 5.75 Å². The molecule has 7 nitrogen and oxygen atoms in total. The second-order valence-electron chi connectivity index (χ2n) is 5.41. The van der Waals surface area contributed by atoms with E-state index < -0.39 is 11.9 Å². The van der Waals surface area contributed by atoms with Gasteiger partial charge in [-0.2, -0.15) is 0 Å². The van der Waals surface area contributed by atoms with Gasteiger partial charge in [0.05, 0.1) is 24.4 Å². The Kier molecular flexibility index (Phi) is 6.87. The first-order chi connectivity index (χ1) is 12.5. The van der Waals surface area contributed by atoms with Crippen molar-refractivity contribution in [2.24, 2.45) is 0 Å². The molecule has 0 saturated carbocycles. The smallest absolute Gasteiger partial charge is 0.308 e. The zero-order valence-electron chi connectivity index (χ0n) is 14.6. The Hall–Kier alpha value is -3.19. The van der Waals surface area contributed by atoms with Gasteiger partial charge in [-0.05, 0) is 30.3 Å². The van der Waals surface area contributed by atoms with Gasteiger partial charge >= 0.3 is 5.97 Å². The maximum Gasteiger partial charge on any atom is 0.308 e. The summed E-state index contributed by atoms with van der Waals surface area (Å²) >= 11 is 0. The molecule has 2 amide bonds. The molecule has 0 radical (unpaired) electrons. The number of para-hydroxylation sites is 2. The molecule has 7 heteroatoms. The lowest BCUT2D eigenvalue weighted by molar-refractivity contribution is -0.131. The largest absolute Gasteiger partial charge is 0.427 e. The molecule has 2 aromatic rings. The summed E-state index contributed by atoms with van der Waals surface area (Å²) in [5.41, 5.74) is 1.27. The molecule has 0 bridgehead atoms. The topological polar surface area (TPSA) is 93.7 Å². The van der Waals surface area contributed by atoms with Gasteiger partial charge in [-0.1, -0.05) is 18.2 Å². The molecule has 0 aromatic heterocycles. The Balaban J connectivity index is 2.12. The third kappa shape index (κ3) is 5.71. The van der Waals surface area contributed by atoms with Crippen molar-refractivity contribution in [2.45, 2.75) is 13.3 Å². The lowest BCUT2D eigenvalue weighted by Crippen LogP contribution is -2.17. The highest BCUT2D eigenvalue weighted by atomic mass is 16.5. The molecule has 0 spiro atoms. The minimum Gasteiger partial charge on any atom is -0.427 e. The van der Waals surface area contributed by atoms with Crippen molar-refractivity contribution in [2.75, 3.05) is 24.4 Å². The second-order valence-corrected chi connectivity index (χ2v) is 5.41. The highest BCUT2D eigenvalue weighted by molar-refractivity contribution is 6.07. The van der Waals surface area contributed by atoms with E-state index in [1.54, 1.807) is 42.5 Å². The maximum absolute atomic E-state index is 12.5. The Morgan fingerprint density at radius 3 is 2.31 bits per heavy atom. The van der Waals surface area contributed by atoms with E-state index >= 15 is 0 Å². The van der Waals surface area contributed by atoms with Crippen LogP contribution in [0.2, 0.25) is 0 Å². The summed E-state index contributed by atoms with van der Waals surface area (Å²) < 4.78 is 9.86. The van der Waals surface area contributed by atoms with Gasteiger partial charge in [0.25, 0.3) is 5.91 Å². The molecule has 0 fully saturated rings. The summed E-state index contributed by atoms with van der Waals surface area (Å²) in [6.07, 6.45) is 0.212. The molecule has 2 N–H and O–H groups in total. The normalized spacial score (nSPS) is 10.1. The van der Waals surface area contributed by atoms with Gasteiger partial charge in [0, 0.05) is 19.6 Å². The summed E-state index contributed by atoms with van der Waals surface area (Å²) in [5, 5.41) is 5.48. The third-order valence-electron chi connectivity index (χ3n) is 3.34. The van der Waals surface area contributed by atoms with Crippen molar-refractivity contribution in [3.05, 3.63) is 54.1 Å². The van der Waals surface area contributed by atoms with Gasteiger partial charge in [-0.15, -0.1) is 0 Å². The van der Waals surface area contributed by atoms with Gasteiger partial charge in [-0.3, -0.25) is 14.4 Å². The first kappa shape index (κ1) is 19.1. The predicted molar refractivity (Wildman–Crippen MR) is 97.3 cm³/mol. The molecule has 0 aliphatic heterocycles. The number of nitrogens with one attached hydrogen (secondary N) is 2. The fraction of sp³-hybridized carbons (Fsp3) is 0.211. The van der Waals surface area contributed by atoms with Crippen LogP contribution in [0.25, 0.3) is 0 Å². The summed E-state index contributed by atoms with van der Waals surface area (Å²) in [7, 11) is 1.52. The summed E-state index contributed by atoms with van der Waals surface area (Å²) in [4.78, 5) is 35.4. The van der Waals surface area contributed by atoms with Gasteiger partial charge in [-0.25, -0.2) is 0 Å². The summed E-state index contributed by atoms with van der Waals surface area (Å²) in [5.74, 6) is -0.791. The van der Waals surface area contributed by atoms with Crippen LogP contribution in [-0.4, -0.2) is 31.5 Å². The molecule has 0 heterocycles. The second kappa shape index (κ2) is 9.33. The Morgan fingerprint density at radius 1 is 0.962 bits per heavy atom. The van der Waals surface area contributed by atoms with E-state index in [0.717, 1.165) is 0 Å². The number of rotatable bonds is 7. The SMILES string of the molecule is COCCC(=O)Nc1ccccc1NC(=O)c1cccc(OC(C)=O)c1. The average Bonchev–Trinajstić information content (AvgIpc) is 2.61. The molecule has 136 valence electrons. The van der Waals surface area contributed by atoms with Crippen molar-refractivity contribution in [3.8, 4) is 5.75 Å². The van der Waals surface area contributed by atoms with Crippen molar-refractivity contribution >= 4 is 29.2 Å². The molecule has 2 aromatic carbocycles. The highest BCUT2D eigenvalue weighted by Crippen LogP contribution is 2.23. The van der Waals surface area contributed by atoms with Crippen molar-refractivity contribution in [1.82, 2.24) is 0 Å². The Morgan fingerprint density at radius 2 is 1.65 bits per heavy atom. The minimum absolute atomic E-state index is 0.212. The Labute approximate surface area is 151 Å². The van der Waals surface area contributed by atoms with Crippen LogP contribution in [0.3, 0.4) is 0 Å². The van der Waals surface area contributed by atoms with E-state index in [9.17, 15) is 14.4 Å². The number of carbonyl (C=O) groups excluding carboxylic acids is 3. The monoisotopic (exact) mass is 356 g/mol. The fourth-order valence-corrected chi connectivity index (χ4v) is 2.17. The van der Waals surface area contributed by atoms with Crippen LogP contribution in [0.15, 0.2) is 48.5 Å². The fourth-order valence-electron chi connectivity index (χ4n) is 2.17. The first-order valence-corrected chi connectivity index (χ1v) is 7.97. The van der Waals surface area contributed by atoms with Crippen LogP contribution < -0.4 is 15.4 Å². The number of ether oxygens (including phenoxy) is 2. The number of amides is 2. The highest BCUT2D eigenvalue weighted by Gasteiger charge is 2.12. The number of esters is 1. The van der Waals surface area contributed by atoms with Crippen molar-refractivity contribution in [1.29, 1.82) is 0 Å². The van der Waals surface area contributed by atoms with E-state index in [-0.39, 0.29) is 18.1 Å². The zero-order valence-corrected chi connectivity index (χ0v) is 14.6. The van der Waals surface area contributed by atoms with E-state index in [0.29, 0.717) is 23.5 Å². The van der Waals surface area contributed by atoms with Crippen LogP contribution in [0.4, 0.5) is 11.4 Å². The Bertz CT molecular complexity index is 804. The van der Waals surface area contributed by atoms with Gasteiger partial charge < -0.3 is 20.1 Å². The van der Waals surface area contributed by atoms with E-state index in [1.807, 2.05) is 0 Å². The standard InChI is InChI=1S/C19H20N2O5/c1-13(22)26-15-7-5-6-14(12-15)19(24)21-17-9-4-3-8-16(17)20-18(23)10-11-25-2/h3-9,12H,10-11H2,1-2H3,(H,20,23)(H,21,24). The molecule has 0 saturated heterocycles. The number of benzene rings is 2. The summed E-state index contributed by atoms with van der Waals surface area (Å²) in [6, 6.07) is 13.1. The molecule has 26 heavy (non-hydrogen) atoms. The van der Waals surface area contributed by atoms with E-state index in [2.05, 4.69) is 10.6 Å². The lowest BCUT2D eigenvalue weighted by Gasteiger charge is -2.12. The molecule has 2 rings (SSSR count). The van der Waals surface area contributed by atoms with Crippen molar-refractivity contribution in [3.63, 3.8) is 0 Å². The quantitative estimate of drug-likeness (QED) is 0.588. The van der Waals surface area contributed by atoms with Crippen LogP contribution in [0.5, 0.6) is 5.75 Å². The van der Waals surface area contributed by atoms with Crippen LogP contribution >= 0.6 is 0 Å². The number of carbonyl (C=O) groups is 3. The minimum atomic E-state index is -0.466. The van der Waals surface area contributed by atoms with Crippen molar-refractivity contribution < 1.29 is 23.9 Å². The number of methoxy groups -OCH3 is 1. The molecular weight excluding hydrogens is 336 g/mol. The van der Waals surface area contributed by atoms with Crippen LogP contribution in [0, 0.1) is 0 Å². The van der Waals surface area contributed by atoms with Crippen LogP contribution in [-0.2, 0) is 14.3 Å². The lowest BCUT2D eigenvalue weighted by atomic mass is 10.2. The number of hydrogen-bond acceptors (Lipinski definition) is 5. The predicted octanol–water partition coefficient (Wildman–Crippen LogP) is 2.84. The summed E-state index contributed by atoms with van der Waals surface area (Å²) in [6.45, 7) is 1.60. The molecule has 0 atom stereocenters. The average molecular weight is 356 g/mol. The number of hydrogen-bond donors (Lipinski definition) is 2. The van der Waals surface area contributed by atoms with Crippen LogP contribution in [0.1, 0.15) is 23.7 Å². The van der Waals surface area contributed by atoms with E-state index in [1.165, 1.54) is 20.1 Å². The number of anilines is 2. The third-order valence-corrected chi connectivity index (χ3v) is 3.34. The molecule has 0 aliphatic rings. The zero-order chi connectivity index (χ0) is 18.9. The molecule has 0 unspecified atom stereocenters. The van der Waals surface area contributed by atoms with E-state index in [4.69, 9.17) is 9.47 Å². The van der Waals surface area contributed by atoms with Gasteiger partial charge in [0.2, 0.25) is 5.91 Å². The molecular formula is C19H20N2O5. The first-order valence-electron chi connectivity index (χ1n) is 7.97. The van der Waals surface area contributed by atoms with Gasteiger partial charge in [0.15, 0.2) is 0 Å². The maximum atomic E-state index is 12.5. The molecule has 0 aliphatic carbocycles.